The van der Waals surface area contributed by atoms with Crippen LogP contribution >= 0.6 is 24.2 Å². The number of rotatable bonds is 11. The van der Waals surface area contributed by atoms with Crippen LogP contribution in [0.3, 0.4) is 0 Å². The van der Waals surface area contributed by atoms with Gasteiger partial charge in [-0.2, -0.15) is 12.6 Å². The fraction of sp³-hybridized carbons (Fsp3) is 0.222. The first-order chi connectivity index (χ1) is 18.5. The summed E-state index contributed by atoms with van der Waals surface area (Å²) in [4.78, 5) is 36.0. The zero-order chi connectivity index (χ0) is 28.6. The molecule has 3 aromatic rings. The Bertz CT molecular complexity index is 1480. The molecule has 39 heavy (non-hydrogen) atoms. The Morgan fingerprint density at radius 1 is 1.00 bits per heavy atom. The lowest BCUT2D eigenvalue weighted by Crippen LogP contribution is -2.40. The molecule has 0 heterocycles. The Morgan fingerprint density at radius 2 is 1.74 bits per heavy atom. The van der Waals surface area contributed by atoms with E-state index in [0.717, 1.165) is 18.6 Å². The van der Waals surface area contributed by atoms with E-state index in [4.69, 9.17) is 11.6 Å². The molecule has 0 saturated heterocycles. The third-order valence-corrected chi connectivity index (χ3v) is 7.85. The molecular weight excluding hydrogens is 565 g/mol. The highest BCUT2D eigenvalue weighted by molar-refractivity contribution is 7.90. The van der Waals surface area contributed by atoms with E-state index in [1.165, 1.54) is 30.3 Å². The van der Waals surface area contributed by atoms with Gasteiger partial charge in [-0.1, -0.05) is 54.1 Å². The molecule has 0 radical (unpaired) electrons. The first kappa shape index (κ1) is 30.1. The molecule has 0 bridgehead atoms. The molecule has 0 aliphatic heterocycles. The van der Waals surface area contributed by atoms with Crippen LogP contribution in [0.2, 0.25) is 5.02 Å². The Morgan fingerprint density at radius 3 is 2.41 bits per heavy atom. The van der Waals surface area contributed by atoms with Crippen molar-refractivity contribution in [2.24, 2.45) is 5.92 Å². The van der Waals surface area contributed by atoms with E-state index < -0.39 is 33.6 Å². The van der Waals surface area contributed by atoms with Crippen LogP contribution in [-0.4, -0.2) is 38.4 Å². The Labute approximate surface area is 236 Å². The van der Waals surface area contributed by atoms with E-state index in [1.807, 2.05) is 10.8 Å². The normalized spacial score (nSPS) is 11.9. The second-order valence-corrected chi connectivity index (χ2v) is 11.1. The molecule has 0 fully saturated rings. The summed E-state index contributed by atoms with van der Waals surface area (Å²) in [6.07, 6.45) is 0.407. The molecule has 206 valence electrons. The van der Waals surface area contributed by atoms with Crippen LogP contribution in [0.4, 0.5) is 4.39 Å². The number of sulfonamides is 1. The summed E-state index contributed by atoms with van der Waals surface area (Å²) in [7, 11) is -4.15. The van der Waals surface area contributed by atoms with E-state index in [9.17, 15) is 27.2 Å². The van der Waals surface area contributed by atoms with E-state index in [0.29, 0.717) is 11.4 Å². The standard InChI is InChI=1S/C27H27ClFN3O5S2/c1-17(33)32-39(36,37)25-8-3-2-7-23(25)19-9-10-20(24(29)13-19)14-30-26(34)15-31-27(35)21(16-38)11-18-5-4-6-22(28)12-18/h2-10,12-13,21,38H,11,14-16H2,1H3,(H,30,34)(H,31,35)(H,32,33)/t21-/m1/s1. The van der Waals surface area contributed by atoms with Crippen molar-refractivity contribution in [1.82, 2.24) is 15.4 Å². The second kappa shape index (κ2) is 13.6. The molecule has 0 saturated carbocycles. The van der Waals surface area contributed by atoms with Crippen molar-refractivity contribution in [2.45, 2.75) is 24.8 Å². The summed E-state index contributed by atoms with van der Waals surface area (Å²) in [5.41, 5.74) is 1.52. The minimum atomic E-state index is -4.15. The second-order valence-electron chi connectivity index (χ2n) is 8.67. The van der Waals surface area contributed by atoms with Crippen molar-refractivity contribution in [3.63, 3.8) is 0 Å². The number of nitrogens with one attached hydrogen (secondary N) is 3. The number of benzene rings is 3. The predicted octanol–water partition coefficient (Wildman–Crippen LogP) is 3.49. The van der Waals surface area contributed by atoms with Crippen LogP contribution in [0.1, 0.15) is 18.1 Å². The van der Waals surface area contributed by atoms with Crippen LogP contribution in [0, 0.1) is 11.7 Å². The molecule has 0 aromatic heterocycles. The minimum absolute atomic E-state index is 0.148. The van der Waals surface area contributed by atoms with Gasteiger partial charge in [-0.25, -0.2) is 17.5 Å². The van der Waals surface area contributed by atoms with Crippen molar-refractivity contribution < 1.29 is 27.2 Å². The number of carbonyl (C=O) groups is 3. The van der Waals surface area contributed by atoms with Crippen LogP contribution in [0.25, 0.3) is 11.1 Å². The lowest BCUT2D eigenvalue weighted by Gasteiger charge is -2.15. The summed E-state index contributed by atoms with van der Waals surface area (Å²) in [5.74, 6) is -2.47. The van der Waals surface area contributed by atoms with Gasteiger partial charge in [-0.15, -0.1) is 0 Å². The van der Waals surface area contributed by atoms with Crippen LogP contribution < -0.4 is 15.4 Å². The molecule has 12 heteroatoms. The van der Waals surface area contributed by atoms with Crippen LogP contribution in [0.5, 0.6) is 0 Å². The summed E-state index contributed by atoms with van der Waals surface area (Å²) in [6, 6.07) is 17.1. The van der Waals surface area contributed by atoms with Gasteiger partial charge in [0.15, 0.2) is 0 Å². The van der Waals surface area contributed by atoms with E-state index >= 15 is 0 Å². The number of thiol groups is 1. The third-order valence-electron chi connectivity index (χ3n) is 5.68. The highest BCUT2D eigenvalue weighted by atomic mass is 35.5. The van der Waals surface area contributed by atoms with Crippen molar-refractivity contribution in [3.8, 4) is 11.1 Å². The van der Waals surface area contributed by atoms with E-state index in [2.05, 4.69) is 23.3 Å². The molecular formula is C27H27ClFN3O5S2. The van der Waals surface area contributed by atoms with Crippen LogP contribution in [0.15, 0.2) is 71.6 Å². The molecule has 0 aliphatic rings. The molecule has 0 unspecified atom stereocenters. The van der Waals surface area contributed by atoms with Gasteiger partial charge in [0.05, 0.1) is 17.4 Å². The van der Waals surface area contributed by atoms with Gasteiger partial charge in [-0.3, -0.25) is 14.4 Å². The zero-order valence-corrected chi connectivity index (χ0v) is 23.4. The average Bonchev–Trinajstić information content (AvgIpc) is 2.89. The first-order valence-corrected chi connectivity index (χ1v) is 14.3. The maximum absolute atomic E-state index is 14.9. The number of carbonyl (C=O) groups excluding carboxylic acids is 3. The molecule has 8 nitrogen and oxygen atoms in total. The van der Waals surface area contributed by atoms with Crippen LogP contribution in [-0.2, 0) is 37.4 Å². The predicted molar refractivity (Wildman–Crippen MR) is 150 cm³/mol. The van der Waals surface area contributed by atoms with Crippen molar-refractivity contribution in [3.05, 3.63) is 88.7 Å². The maximum atomic E-state index is 14.9. The number of amides is 3. The lowest BCUT2D eigenvalue weighted by molar-refractivity contribution is -0.128. The number of hydrogen-bond donors (Lipinski definition) is 4. The largest absolute Gasteiger partial charge is 0.350 e. The molecule has 3 amide bonds. The highest BCUT2D eigenvalue weighted by Gasteiger charge is 2.21. The van der Waals surface area contributed by atoms with E-state index in [1.54, 1.807) is 24.3 Å². The minimum Gasteiger partial charge on any atom is -0.350 e. The van der Waals surface area contributed by atoms with Crippen molar-refractivity contribution >= 4 is 52.0 Å². The molecule has 1 atom stereocenters. The van der Waals surface area contributed by atoms with Gasteiger partial charge in [0.2, 0.25) is 17.7 Å². The lowest BCUT2D eigenvalue weighted by atomic mass is 10.0. The Kier molecular flexibility index (Phi) is 10.5. The molecule has 3 aromatic carbocycles. The Hall–Kier alpha value is -3.41. The van der Waals surface area contributed by atoms with Crippen molar-refractivity contribution in [2.75, 3.05) is 12.3 Å². The van der Waals surface area contributed by atoms with Gasteiger partial charge >= 0.3 is 0 Å². The molecule has 3 rings (SSSR count). The van der Waals surface area contributed by atoms with Gasteiger partial charge in [0.1, 0.15) is 5.82 Å². The summed E-state index contributed by atoms with van der Waals surface area (Å²) >= 11 is 10.2. The number of halogens is 2. The SMILES string of the molecule is CC(=O)NS(=O)(=O)c1ccccc1-c1ccc(CNC(=O)CNC(=O)[C@@H](CS)Cc2cccc(Cl)c2)c(F)c1. The maximum Gasteiger partial charge on any atom is 0.264 e. The zero-order valence-electron chi connectivity index (χ0n) is 20.9. The summed E-state index contributed by atoms with van der Waals surface area (Å²) in [5, 5.41) is 5.68. The fourth-order valence-electron chi connectivity index (χ4n) is 3.80. The van der Waals surface area contributed by atoms with Crippen molar-refractivity contribution in [1.29, 1.82) is 0 Å². The monoisotopic (exact) mass is 591 g/mol. The molecule has 0 spiro atoms. The fourth-order valence-corrected chi connectivity index (χ4v) is 5.53. The first-order valence-electron chi connectivity index (χ1n) is 11.8. The molecule has 3 N–H and O–H groups in total. The summed E-state index contributed by atoms with van der Waals surface area (Å²) < 4.78 is 41.8. The topological polar surface area (TPSA) is 121 Å². The smallest absolute Gasteiger partial charge is 0.264 e. The molecule has 0 aliphatic carbocycles. The average molecular weight is 592 g/mol. The third kappa shape index (κ3) is 8.54. The summed E-state index contributed by atoms with van der Waals surface area (Å²) in [6.45, 7) is 0.631. The van der Waals surface area contributed by atoms with Gasteiger partial charge in [-0.05, 0) is 41.8 Å². The van der Waals surface area contributed by atoms with Gasteiger partial charge < -0.3 is 10.6 Å². The highest BCUT2D eigenvalue weighted by Crippen LogP contribution is 2.28. The Balaban J connectivity index is 1.60. The van der Waals surface area contributed by atoms with Gasteiger partial charge in [0.25, 0.3) is 10.0 Å². The van der Waals surface area contributed by atoms with Gasteiger partial charge in [0, 0.05) is 35.4 Å². The quantitative estimate of drug-likeness (QED) is 0.254. The number of hydrogen-bond acceptors (Lipinski definition) is 6. The van der Waals surface area contributed by atoms with E-state index in [-0.39, 0.29) is 46.3 Å².